The van der Waals surface area contributed by atoms with E-state index in [0.29, 0.717) is 30.5 Å². The molecule has 0 radical (unpaired) electrons. The van der Waals surface area contributed by atoms with Gasteiger partial charge in [-0.1, -0.05) is 0 Å². The molecule has 3 aromatic heterocycles. The van der Waals surface area contributed by atoms with Crippen molar-refractivity contribution in [2.24, 2.45) is 5.92 Å². The van der Waals surface area contributed by atoms with Crippen LogP contribution in [0.4, 0.5) is 11.8 Å². The third kappa shape index (κ3) is 3.61. The highest BCUT2D eigenvalue weighted by molar-refractivity contribution is 7.21. The van der Waals surface area contributed by atoms with Gasteiger partial charge in [0.05, 0.1) is 34.3 Å². The van der Waals surface area contributed by atoms with E-state index >= 15 is 0 Å². The van der Waals surface area contributed by atoms with Crippen LogP contribution in [0.1, 0.15) is 38.3 Å². The van der Waals surface area contributed by atoms with Gasteiger partial charge in [-0.25, -0.2) is 9.97 Å². The summed E-state index contributed by atoms with van der Waals surface area (Å²) in [5.41, 5.74) is 1.25. The van der Waals surface area contributed by atoms with Crippen molar-refractivity contribution >= 4 is 33.3 Å². The Morgan fingerprint density at radius 1 is 1.20 bits per heavy atom. The molecule has 0 unspecified atom stereocenters. The van der Waals surface area contributed by atoms with Crippen molar-refractivity contribution in [2.75, 3.05) is 17.2 Å². The number of aliphatic hydroxyl groups excluding tert-OH is 1. The molecule has 158 valence electrons. The second kappa shape index (κ2) is 7.40. The van der Waals surface area contributed by atoms with Crippen molar-refractivity contribution in [3.63, 3.8) is 0 Å². The lowest BCUT2D eigenvalue weighted by atomic mass is 9.98. The first kappa shape index (κ1) is 19.6. The van der Waals surface area contributed by atoms with Crippen molar-refractivity contribution in [3.05, 3.63) is 24.2 Å². The van der Waals surface area contributed by atoms with Gasteiger partial charge in [0.25, 0.3) is 0 Å². The van der Waals surface area contributed by atoms with Crippen molar-refractivity contribution in [3.8, 4) is 10.6 Å². The number of anilines is 2. The van der Waals surface area contributed by atoms with E-state index in [-0.39, 0.29) is 6.04 Å². The molecule has 8 nitrogen and oxygen atoms in total. The first-order valence-electron chi connectivity index (χ1n) is 10.4. The number of nitrogens with zero attached hydrogens (tertiary/aromatic N) is 4. The first-order valence-corrected chi connectivity index (χ1v) is 11.2. The van der Waals surface area contributed by atoms with Crippen LogP contribution in [0.25, 0.3) is 20.8 Å². The van der Waals surface area contributed by atoms with E-state index in [1.165, 1.54) is 12.8 Å². The maximum Gasteiger partial charge on any atom is 0.224 e. The number of rotatable bonds is 6. The topological polar surface area (TPSA) is 116 Å². The van der Waals surface area contributed by atoms with Crippen molar-refractivity contribution in [1.82, 2.24) is 19.9 Å². The molecule has 3 aromatic rings. The van der Waals surface area contributed by atoms with Gasteiger partial charge in [-0.2, -0.15) is 4.98 Å². The number of aromatic nitrogens is 4. The van der Waals surface area contributed by atoms with Crippen molar-refractivity contribution in [1.29, 1.82) is 0 Å². The van der Waals surface area contributed by atoms with Crippen LogP contribution in [-0.4, -0.2) is 54.4 Å². The number of hydrogen-bond acceptors (Lipinski definition) is 9. The summed E-state index contributed by atoms with van der Waals surface area (Å²) >= 11 is 1.57. The summed E-state index contributed by atoms with van der Waals surface area (Å²) in [4.78, 5) is 18.4. The minimum atomic E-state index is -1.23. The Morgan fingerprint density at radius 3 is 2.73 bits per heavy atom. The summed E-state index contributed by atoms with van der Waals surface area (Å²) in [6.07, 6.45) is 6.45. The fourth-order valence-corrected chi connectivity index (χ4v) is 5.01. The third-order valence-corrected chi connectivity index (χ3v) is 7.21. The molecular formula is C21H26N6O2S. The predicted molar refractivity (Wildman–Crippen MR) is 118 cm³/mol. The number of nitrogens with one attached hydrogen (secondary N) is 2. The number of pyridine rings is 1. The smallest absolute Gasteiger partial charge is 0.224 e. The van der Waals surface area contributed by atoms with Gasteiger partial charge in [-0.3, -0.25) is 4.98 Å². The maximum atomic E-state index is 10.8. The van der Waals surface area contributed by atoms with Gasteiger partial charge in [0.2, 0.25) is 5.95 Å². The molecule has 2 aliphatic rings. The summed E-state index contributed by atoms with van der Waals surface area (Å²) in [5.74, 6) is 1.91. The molecule has 5 rings (SSSR count). The van der Waals surface area contributed by atoms with Crippen molar-refractivity contribution in [2.45, 2.75) is 57.3 Å². The van der Waals surface area contributed by atoms with Gasteiger partial charge in [-0.05, 0) is 51.5 Å². The molecule has 2 fully saturated rings. The molecule has 0 spiro atoms. The average Bonchev–Trinajstić information content (AvgIpc) is 3.39. The minimum Gasteiger partial charge on any atom is -0.390 e. The van der Waals surface area contributed by atoms with E-state index in [0.717, 1.165) is 33.0 Å². The summed E-state index contributed by atoms with van der Waals surface area (Å²) in [5, 5.41) is 28.6. The monoisotopic (exact) mass is 426 g/mol. The number of hydrogen-bond donors (Lipinski definition) is 4. The maximum absolute atomic E-state index is 10.8. The Morgan fingerprint density at radius 2 is 2.03 bits per heavy atom. The zero-order valence-electron chi connectivity index (χ0n) is 17.1. The Kier molecular flexibility index (Phi) is 4.83. The standard InChI is InChI=1S/C21H26N6O2S/c1-11-17(19-25-13-10-22-8-7-14(13)30-19)18(26-15-5-6-16(28)21(15,2)29)27-20(24-11)23-9-12-3-4-12/h7-8,10,12,15-16,28-29H,3-6,9H2,1-2H3,(H2,23,24,26,27)/t15-,16-,21+/m1/s1. The lowest BCUT2D eigenvalue weighted by Crippen LogP contribution is -2.47. The second-order valence-corrected chi connectivity index (χ2v) is 9.59. The predicted octanol–water partition coefficient (Wildman–Crippen LogP) is 2.96. The Bertz CT molecular complexity index is 1050. The molecule has 0 amide bonds. The number of fused-ring (bicyclic) bond motifs is 1. The van der Waals surface area contributed by atoms with Crippen LogP contribution in [0, 0.1) is 12.8 Å². The van der Waals surface area contributed by atoms with Crippen LogP contribution in [0.15, 0.2) is 18.5 Å². The van der Waals surface area contributed by atoms with Crippen LogP contribution in [0.2, 0.25) is 0 Å². The van der Waals surface area contributed by atoms with Gasteiger partial charge < -0.3 is 20.8 Å². The van der Waals surface area contributed by atoms with Crippen molar-refractivity contribution < 1.29 is 10.2 Å². The molecule has 2 aliphatic carbocycles. The summed E-state index contributed by atoms with van der Waals surface area (Å²) in [7, 11) is 0. The second-order valence-electron chi connectivity index (χ2n) is 8.56. The van der Waals surface area contributed by atoms with Gasteiger partial charge in [0, 0.05) is 12.7 Å². The molecule has 3 atom stereocenters. The highest BCUT2D eigenvalue weighted by atomic mass is 32.1. The van der Waals surface area contributed by atoms with E-state index < -0.39 is 11.7 Å². The Hall–Kier alpha value is -2.36. The fourth-order valence-electron chi connectivity index (χ4n) is 3.98. The number of aryl methyl sites for hydroxylation is 1. The van der Waals surface area contributed by atoms with Crippen LogP contribution >= 0.6 is 11.3 Å². The Labute approximate surface area is 178 Å². The normalized spacial score (nSPS) is 26.3. The molecular weight excluding hydrogens is 400 g/mol. The van der Waals surface area contributed by atoms with Gasteiger partial charge in [0.15, 0.2) is 0 Å². The highest BCUT2D eigenvalue weighted by Crippen LogP contribution is 2.39. The lowest BCUT2D eigenvalue weighted by molar-refractivity contribution is -0.0439. The molecule has 0 bridgehead atoms. The van der Waals surface area contributed by atoms with Crippen LogP contribution in [0.3, 0.4) is 0 Å². The van der Waals surface area contributed by atoms with E-state index in [2.05, 4.69) is 20.6 Å². The first-order chi connectivity index (χ1) is 14.4. The molecule has 2 saturated carbocycles. The van der Waals surface area contributed by atoms with E-state index in [1.54, 1.807) is 30.7 Å². The summed E-state index contributed by atoms with van der Waals surface area (Å²) in [6.45, 7) is 4.49. The largest absolute Gasteiger partial charge is 0.390 e. The molecule has 0 aliphatic heterocycles. The van der Waals surface area contributed by atoms with E-state index in [9.17, 15) is 10.2 Å². The Balaban J connectivity index is 1.55. The number of aliphatic hydroxyl groups is 2. The molecule has 0 aromatic carbocycles. The SMILES string of the molecule is Cc1nc(NCC2CC2)nc(N[C@@H]2CC[C@@H](O)[C@@]2(C)O)c1-c1nc2cnccc2s1. The summed E-state index contributed by atoms with van der Waals surface area (Å²) in [6, 6.07) is 1.64. The van der Waals surface area contributed by atoms with E-state index in [4.69, 9.17) is 9.97 Å². The van der Waals surface area contributed by atoms with Gasteiger partial charge in [0.1, 0.15) is 21.9 Å². The summed E-state index contributed by atoms with van der Waals surface area (Å²) < 4.78 is 1.05. The number of thiazole rings is 1. The van der Waals surface area contributed by atoms with Crippen LogP contribution in [0.5, 0.6) is 0 Å². The highest BCUT2D eigenvalue weighted by Gasteiger charge is 2.45. The quantitative estimate of drug-likeness (QED) is 0.475. The van der Waals surface area contributed by atoms with Gasteiger partial charge >= 0.3 is 0 Å². The fraction of sp³-hybridized carbons (Fsp3) is 0.524. The zero-order chi connectivity index (χ0) is 20.9. The lowest BCUT2D eigenvalue weighted by Gasteiger charge is -2.30. The minimum absolute atomic E-state index is 0.312. The van der Waals surface area contributed by atoms with Crippen LogP contribution < -0.4 is 10.6 Å². The molecule has 3 heterocycles. The van der Waals surface area contributed by atoms with Crippen LogP contribution in [-0.2, 0) is 0 Å². The molecule has 4 N–H and O–H groups in total. The molecule has 0 saturated heterocycles. The third-order valence-electron chi connectivity index (χ3n) is 6.16. The zero-order valence-corrected chi connectivity index (χ0v) is 17.9. The average molecular weight is 427 g/mol. The molecule has 30 heavy (non-hydrogen) atoms. The van der Waals surface area contributed by atoms with Gasteiger partial charge in [-0.15, -0.1) is 11.3 Å². The molecule has 9 heteroatoms. The van der Waals surface area contributed by atoms with E-state index in [1.807, 2.05) is 13.0 Å².